The van der Waals surface area contributed by atoms with Crippen molar-refractivity contribution in [3.8, 4) is 0 Å². The summed E-state index contributed by atoms with van der Waals surface area (Å²) in [6.45, 7) is 2.27. The van der Waals surface area contributed by atoms with E-state index in [0.717, 1.165) is 12.8 Å². The van der Waals surface area contributed by atoms with Crippen LogP contribution in [0.15, 0.2) is 30.3 Å². The number of amides is 2. The highest BCUT2D eigenvalue weighted by Crippen LogP contribution is 2.23. The average molecular weight is 304 g/mol. The van der Waals surface area contributed by atoms with Gasteiger partial charge >= 0.3 is 0 Å². The van der Waals surface area contributed by atoms with Crippen LogP contribution in [0.3, 0.4) is 0 Å². The molecule has 2 rings (SSSR count). The van der Waals surface area contributed by atoms with Gasteiger partial charge in [-0.15, -0.1) is 0 Å². The number of anilines is 1. The van der Waals surface area contributed by atoms with Crippen LogP contribution in [0, 0.1) is 5.92 Å². The smallest absolute Gasteiger partial charge is 0.251 e. The third kappa shape index (κ3) is 4.07. The molecule has 1 saturated carbocycles. The van der Waals surface area contributed by atoms with E-state index in [9.17, 15) is 14.7 Å². The lowest BCUT2D eigenvalue weighted by atomic mass is 10.1. The van der Waals surface area contributed by atoms with E-state index in [1.165, 1.54) is 17.7 Å². The topological polar surface area (TPSA) is 69.6 Å². The Kier molecular flexibility index (Phi) is 5.95. The van der Waals surface area contributed by atoms with E-state index in [0.29, 0.717) is 24.6 Å². The Morgan fingerprint density at radius 3 is 2.59 bits per heavy atom. The third-order valence-electron chi connectivity index (χ3n) is 4.37. The molecule has 1 aromatic rings. The first-order chi connectivity index (χ1) is 10.6. The summed E-state index contributed by atoms with van der Waals surface area (Å²) in [6.07, 6.45) is 4.10. The number of nitrogens with one attached hydrogen (secondary N) is 1. The monoisotopic (exact) mass is 304 g/mol. The predicted octanol–water partition coefficient (Wildman–Crippen LogP) is 1.71. The molecule has 1 fully saturated rings. The Hall–Kier alpha value is -1.88. The molecule has 0 bridgehead atoms. The maximum Gasteiger partial charge on any atom is 0.251 e. The van der Waals surface area contributed by atoms with Crippen LogP contribution >= 0.6 is 0 Å². The van der Waals surface area contributed by atoms with Crippen molar-refractivity contribution < 1.29 is 14.7 Å². The van der Waals surface area contributed by atoms with Gasteiger partial charge in [0.05, 0.1) is 6.04 Å². The molecule has 2 amide bonds. The summed E-state index contributed by atoms with van der Waals surface area (Å²) < 4.78 is 0. The van der Waals surface area contributed by atoms with Gasteiger partial charge in [0, 0.05) is 12.2 Å². The summed E-state index contributed by atoms with van der Waals surface area (Å²) in [4.78, 5) is 24.8. The second-order valence-corrected chi connectivity index (χ2v) is 5.93. The molecule has 0 spiro atoms. The summed E-state index contributed by atoms with van der Waals surface area (Å²) in [5.74, 6) is 0.102. The summed E-state index contributed by atoms with van der Waals surface area (Å²) in [5.41, 5.74) is 0.660. The molecule has 0 heterocycles. The van der Waals surface area contributed by atoms with Crippen LogP contribution in [-0.2, 0) is 9.59 Å². The number of para-hydroxylation sites is 1. The molecule has 0 radical (unpaired) electrons. The first-order valence-corrected chi connectivity index (χ1v) is 7.88. The molecule has 0 aromatic heterocycles. The van der Waals surface area contributed by atoms with E-state index < -0.39 is 18.1 Å². The zero-order valence-corrected chi connectivity index (χ0v) is 12.9. The Labute approximate surface area is 131 Å². The van der Waals surface area contributed by atoms with E-state index in [1.807, 2.05) is 18.2 Å². The van der Waals surface area contributed by atoms with Crippen LogP contribution in [0.4, 0.5) is 5.69 Å². The molecule has 120 valence electrons. The van der Waals surface area contributed by atoms with Crippen LogP contribution < -0.4 is 10.2 Å². The van der Waals surface area contributed by atoms with Crippen molar-refractivity contribution >= 4 is 18.0 Å². The van der Waals surface area contributed by atoms with Crippen molar-refractivity contribution in [3.05, 3.63) is 30.3 Å². The van der Waals surface area contributed by atoms with Gasteiger partial charge in [0.2, 0.25) is 6.41 Å². The van der Waals surface area contributed by atoms with Gasteiger partial charge in [0.15, 0.2) is 6.10 Å². The SMILES string of the molecule is CC(C(O)C(=O)NCC1CCCC1)N(C=O)c1ccccc1. The third-order valence-corrected chi connectivity index (χ3v) is 4.37. The lowest BCUT2D eigenvalue weighted by molar-refractivity contribution is -0.130. The highest BCUT2D eigenvalue weighted by Gasteiger charge is 2.28. The second kappa shape index (κ2) is 7.94. The second-order valence-electron chi connectivity index (χ2n) is 5.93. The fourth-order valence-corrected chi connectivity index (χ4v) is 2.93. The fraction of sp³-hybridized carbons (Fsp3) is 0.529. The summed E-state index contributed by atoms with van der Waals surface area (Å²) >= 11 is 0. The molecule has 22 heavy (non-hydrogen) atoms. The number of benzene rings is 1. The average Bonchev–Trinajstić information content (AvgIpc) is 3.07. The van der Waals surface area contributed by atoms with Crippen molar-refractivity contribution in [2.24, 2.45) is 5.92 Å². The van der Waals surface area contributed by atoms with E-state index in [-0.39, 0.29) is 0 Å². The first-order valence-electron chi connectivity index (χ1n) is 7.88. The minimum Gasteiger partial charge on any atom is -0.381 e. The molecular weight excluding hydrogens is 280 g/mol. The molecule has 1 aliphatic carbocycles. The number of aliphatic hydroxyl groups is 1. The number of nitrogens with zero attached hydrogens (tertiary/aromatic N) is 1. The zero-order chi connectivity index (χ0) is 15.9. The van der Waals surface area contributed by atoms with Crippen LogP contribution in [-0.4, -0.2) is 36.1 Å². The lowest BCUT2D eigenvalue weighted by Gasteiger charge is -2.28. The van der Waals surface area contributed by atoms with Gasteiger partial charge in [0.25, 0.3) is 5.91 Å². The van der Waals surface area contributed by atoms with Crippen LogP contribution in [0.5, 0.6) is 0 Å². The largest absolute Gasteiger partial charge is 0.381 e. The molecule has 5 heteroatoms. The molecule has 0 saturated heterocycles. The van der Waals surface area contributed by atoms with Gasteiger partial charge < -0.3 is 15.3 Å². The number of hydrogen-bond acceptors (Lipinski definition) is 3. The standard InChI is InChI=1S/C17H24N2O3/c1-13(19(12-20)15-9-3-2-4-10-15)16(21)17(22)18-11-14-7-5-6-8-14/h2-4,9-10,12-14,16,21H,5-8,11H2,1H3,(H,18,22). The van der Waals surface area contributed by atoms with Crippen LogP contribution in [0.2, 0.25) is 0 Å². The van der Waals surface area contributed by atoms with E-state index >= 15 is 0 Å². The normalized spacial score (nSPS) is 17.7. The Bertz CT molecular complexity index is 486. The van der Waals surface area contributed by atoms with Gasteiger partial charge in [-0.2, -0.15) is 0 Å². The molecule has 5 nitrogen and oxygen atoms in total. The minimum absolute atomic E-state index is 0.415. The minimum atomic E-state index is -1.24. The molecule has 0 aliphatic heterocycles. The van der Waals surface area contributed by atoms with Crippen LogP contribution in [0.25, 0.3) is 0 Å². The Morgan fingerprint density at radius 1 is 1.36 bits per heavy atom. The number of hydrogen-bond donors (Lipinski definition) is 2. The summed E-state index contributed by atoms with van der Waals surface area (Å²) in [5, 5.41) is 13.0. The van der Waals surface area contributed by atoms with E-state index in [4.69, 9.17) is 0 Å². The molecule has 1 aromatic carbocycles. The van der Waals surface area contributed by atoms with Crippen molar-refractivity contribution in [1.82, 2.24) is 5.32 Å². The first kappa shape index (κ1) is 16.5. The number of aliphatic hydroxyl groups excluding tert-OH is 1. The van der Waals surface area contributed by atoms with Gasteiger partial charge in [-0.3, -0.25) is 9.59 Å². The van der Waals surface area contributed by atoms with Gasteiger partial charge in [-0.25, -0.2) is 0 Å². The van der Waals surface area contributed by atoms with Crippen molar-refractivity contribution in [2.45, 2.75) is 44.8 Å². The van der Waals surface area contributed by atoms with Gasteiger partial charge in [0.1, 0.15) is 0 Å². The van der Waals surface area contributed by atoms with Gasteiger partial charge in [-0.05, 0) is 37.8 Å². The molecular formula is C17H24N2O3. The molecule has 2 unspecified atom stereocenters. The molecule has 2 N–H and O–H groups in total. The highest BCUT2D eigenvalue weighted by atomic mass is 16.3. The summed E-state index contributed by atoms with van der Waals surface area (Å²) in [6, 6.07) is 8.39. The maximum absolute atomic E-state index is 12.1. The molecule has 2 atom stereocenters. The number of carbonyl (C=O) groups excluding carboxylic acids is 2. The lowest BCUT2D eigenvalue weighted by Crippen LogP contribution is -2.49. The number of rotatable bonds is 7. The maximum atomic E-state index is 12.1. The van der Waals surface area contributed by atoms with E-state index in [1.54, 1.807) is 19.1 Å². The van der Waals surface area contributed by atoms with Gasteiger partial charge in [-0.1, -0.05) is 31.0 Å². The zero-order valence-electron chi connectivity index (χ0n) is 12.9. The van der Waals surface area contributed by atoms with E-state index in [2.05, 4.69) is 5.32 Å². The Balaban J connectivity index is 1.92. The van der Waals surface area contributed by atoms with Crippen molar-refractivity contribution in [3.63, 3.8) is 0 Å². The molecule has 1 aliphatic rings. The predicted molar refractivity (Wildman–Crippen MR) is 85.4 cm³/mol. The Morgan fingerprint density at radius 2 is 2.00 bits per heavy atom. The quantitative estimate of drug-likeness (QED) is 0.753. The van der Waals surface area contributed by atoms with Crippen molar-refractivity contribution in [1.29, 1.82) is 0 Å². The number of carbonyl (C=O) groups is 2. The van der Waals surface area contributed by atoms with Crippen molar-refractivity contribution in [2.75, 3.05) is 11.4 Å². The highest BCUT2D eigenvalue weighted by molar-refractivity contribution is 5.84. The fourth-order valence-electron chi connectivity index (χ4n) is 2.93. The summed E-state index contributed by atoms with van der Waals surface area (Å²) in [7, 11) is 0. The van der Waals surface area contributed by atoms with Crippen LogP contribution in [0.1, 0.15) is 32.6 Å².